The summed E-state index contributed by atoms with van der Waals surface area (Å²) >= 11 is 0. The molecule has 0 N–H and O–H groups in total. The fraction of sp³-hybridized carbons (Fsp3) is 0.500. The largest absolute Gasteiger partial charge is 0.303 e. The molecule has 24 heavy (non-hydrogen) atoms. The van der Waals surface area contributed by atoms with Gasteiger partial charge in [-0.3, -0.25) is 14.4 Å². The number of nitrogens with zero attached hydrogens (tertiary/aromatic N) is 3. The van der Waals surface area contributed by atoms with Crippen LogP contribution in [0.15, 0.2) is 38.0 Å². The average molecular weight is 333 g/mol. The Morgan fingerprint density at radius 1 is 0.875 bits per heavy atom. The molecule has 0 aromatic carbocycles. The van der Waals surface area contributed by atoms with Crippen LogP contribution in [0.2, 0.25) is 0 Å². The molecule has 0 saturated carbocycles. The number of carbonyl (C=O) groups is 3. The Labute approximate surface area is 144 Å². The van der Waals surface area contributed by atoms with Crippen molar-refractivity contribution in [3.05, 3.63) is 38.0 Å². The summed E-state index contributed by atoms with van der Waals surface area (Å²) in [6.07, 6.45) is 8.01. The van der Waals surface area contributed by atoms with Crippen molar-refractivity contribution in [2.75, 3.05) is 13.3 Å². The topological polar surface area (TPSA) is 60.9 Å². The summed E-state index contributed by atoms with van der Waals surface area (Å²) in [5.74, 6) is -0.944. The smallest absolute Gasteiger partial charge is 0.249 e. The molecule has 0 aliphatic carbocycles. The lowest BCUT2D eigenvalue weighted by Gasteiger charge is -2.47. The zero-order valence-electron chi connectivity index (χ0n) is 14.4. The van der Waals surface area contributed by atoms with E-state index in [0.717, 1.165) is 25.7 Å². The van der Waals surface area contributed by atoms with E-state index in [1.54, 1.807) is 0 Å². The molecule has 0 atom stereocenters. The third kappa shape index (κ3) is 4.81. The third-order valence-electron chi connectivity index (χ3n) is 4.08. The average Bonchev–Trinajstić information content (AvgIpc) is 2.62. The van der Waals surface area contributed by atoms with E-state index >= 15 is 0 Å². The highest BCUT2D eigenvalue weighted by atomic mass is 16.2. The molecular formula is C18H27N3O3. The van der Waals surface area contributed by atoms with Crippen LogP contribution in [0.3, 0.4) is 0 Å². The van der Waals surface area contributed by atoms with Gasteiger partial charge in [-0.15, -0.1) is 0 Å². The van der Waals surface area contributed by atoms with Crippen molar-refractivity contribution in [2.24, 2.45) is 0 Å². The maximum Gasteiger partial charge on any atom is 0.249 e. The molecule has 1 heterocycles. The van der Waals surface area contributed by atoms with E-state index in [2.05, 4.69) is 26.7 Å². The summed E-state index contributed by atoms with van der Waals surface area (Å²) in [6, 6.07) is 0. The third-order valence-corrected chi connectivity index (χ3v) is 4.08. The first-order valence-electron chi connectivity index (χ1n) is 8.27. The van der Waals surface area contributed by atoms with Crippen molar-refractivity contribution in [3.8, 4) is 0 Å². The first-order valence-corrected chi connectivity index (χ1v) is 8.27. The van der Waals surface area contributed by atoms with Gasteiger partial charge in [-0.1, -0.05) is 45.9 Å². The van der Waals surface area contributed by atoms with Crippen molar-refractivity contribution >= 4 is 17.7 Å². The number of hydrogen-bond donors (Lipinski definition) is 0. The highest BCUT2D eigenvalue weighted by molar-refractivity contribution is 5.92. The van der Waals surface area contributed by atoms with Crippen LogP contribution in [0.4, 0.5) is 0 Å². The SMILES string of the molecule is C=CC(=O)N1CN(C(=O)C=C)C(CCCCCC)N(C(=O)C=C)C1. The van der Waals surface area contributed by atoms with Crippen molar-refractivity contribution in [2.45, 2.75) is 45.2 Å². The number of carbonyl (C=O) groups excluding carboxylic acids is 3. The van der Waals surface area contributed by atoms with Crippen molar-refractivity contribution < 1.29 is 14.4 Å². The van der Waals surface area contributed by atoms with E-state index in [9.17, 15) is 14.4 Å². The Morgan fingerprint density at radius 3 is 1.79 bits per heavy atom. The van der Waals surface area contributed by atoms with Crippen LogP contribution < -0.4 is 0 Å². The summed E-state index contributed by atoms with van der Waals surface area (Å²) < 4.78 is 0. The molecule has 1 aliphatic heterocycles. The molecule has 0 bridgehead atoms. The van der Waals surface area contributed by atoms with Gasteiger partial charge in [-0.05, 0) is 31.1 Å². The monoisotopic (exact) mass is 333 g/mol. The van der Waals surface area contributed by atoms with Crippen LogP contribution in [0.5, 0.6) is 0 Å². The van der Waals surface area contributed by atoms with Gasteiger partial charge in [0.05, 0.1) is 0 Å². The van der Waals surface area contributed by atoms with Crippen molar-refractivity contribution in [1.29, 1.82) is 0 Å². The molecule has 0 spiro atoms. The second-order valence-electron chi connectivity index (χ2n) is 5.72. The predicted molar refractivity (Wildman–Crippen MR) is 93.4 cm³/mol. The lowest BCUT2D eigenvalue weighted by molar-refractivity contribution is -0.163. The summed E-state index contributed by atoms with van der Waals surface area (Å²) in [4.78, 5) is 40.9. The summed E-state index contributed by atoms with van der Waals surface area (Å²) in [6.45, 7) is 12.9. The minimum Gasteiger partial charge on any atom is -0.303 e. The molecule has 1 saturated heterocycles. The molecule has 1 rings (SSSR count). The van der Waals surface area contributed by atoms with Crippen LogP contribution in [0.1, 0.15) is 39.0 Å². The molecule has 0 radical (unpaired) electrons. The van der Waals surface area contributed by atoms with Gasteiger partial charge in [0.15, 0.2) is 0 Å². The van der Waals surface area contributed by atoms with E-state index in [0.29, 0.717) is 6.42 Å². The van der Waals surface area contributed by atoms with Gasteiger partial charge in [0.1, 0.15) is 19.5 Å². The predicted octanol–water partition coefficient (Wildman–Crippen LogP) is 2.26. The molecule has 132 valence electrons. The second-order valence-corrected chi connectivity index (χ2v) is 5.72. The lowest BCUT2D eigenvalue weighted by atomic mass is 10.1. The van der Waals surface area contributed by atoms with Crippen molar-refractivity contribution in [1.82, 2.24) is 14.7 Å². The van der Waals surface area contributed by atoms with E-state index in [-0.39, 0.29) is 31.1 Å². The maximum absolute atomic E-state index is 12.3. The molecular weight excluding hydrogens is 306 g/mol. The molecule has 0 aromatic heterocycles. The van der Waals surface area contributed by atoms with Crippen molar-refractivity contribution in [3.63, 3.8) is 0 Å². The number of hydrogen-bond acceptors (Lipinski definition) is 3. The van der Waals surface area contributed by atoms with Crippen LogP contribution in [0, 0.1) is 0 Å². The first kappa shape index (κ1) is 19.7. The maximum atomic E-state index is 12.3. The normalized spacial score (nSPS) is 15.1. The Balaban J connectivity index is 3.04. The van der Waals surface area contributed by atoms with E-state index in [4.69, 9.17) is 0 Å². The zero-order chi connectivity index (χ0) is 18.1. The Kier molecular flexibility index (Phi) is 7.95. The summed E-state index contributed by atoms with van der Waals surface area (Å²) in [7, 11) is 0. The number of unbranched alkanes of at least 4 members (excludes halogenated alkanes) is 3. The van der Waals surface area contributed by atoms with Crippen LogP contribution in [-0.4, -0.2) is 51.9 Å². The molecule has 0 aromatic rings. The molecule has 6 heteroatoms. The fourth-order valence-corrected chi connectivity index (χ4v) is 2.77. The highest BCUT2D eigenvalue weighted by Gasteiger charge is 2.37. The van der Waals surface area contributed by atoms with Gasteiger partial charge >= 0.3 is 0 Å². The van der Waals surface area contributed by atoms with E-state index in [1.165, 1.54) is 32.9 Å². The van der Waals surface area contributed by atoms with E-state index in [1.807, 2.05) is 0 Å². The quantitative estimate of drug-likeness (QED) is 0.506. The number of rotatable bonds is 8. The Morgan fingerprint density at radius 2 is 1.38 bits per heavy atom. The Hall–Kier alpha value is -2.37. The summed E-state index contributed by atoms with van der Waals surface area (Å²) in [5, 5.41) is 0. The summed E-state index contributed by atoms with van der Waals surface area (Å²) in [5.41, 5.74) is 0. The van der Waals surface area contributed by atoms with Gasteiger partial charge in [-0.25, -0.2) is 0 Å². The zero-order valence-corrected chi connectivity index (χ0v) is 14.4. The van der Waals surface area contributed by atoms with Gasteiger partial charge in [0.25, 0.3) is 0 Å². The Bertz CT molecular complexity index is 486. The molecule has 1 fully saturated rings. The highest BCUT2D eigenvalue weighted by Crippen LogP contribution is 2.22. The van der Waals surface area contributed by atoms with Crippen LogP contribution in [0.25, 0.3) is 0 Å². The minimum atomic E-state index is -0.397. The minimum absolute atomic E-state index is 0.120. The van der Waals surface area contributed by atoms with Gasteiger partial charge in [-0.2, -0.15) is 0 Å². The fourth-order valence-electron chi connectivity index (χ4n) is 2.77. The van der Waals surface area contributed by atoms with Gasteiger partial charge < -0.3 is 14.7 Å². The second kappa shape index (κ2) is 9.70. The first-order chi connectivity index (χ1) is 11.5. The van der Waals surface area contributed by atoms with Gasteiger partial charge in [0.2, 0.25) is 17.7 Å². The van der Waals surface area contributed by atoms with Crippen LogP contribution in [-0.2, 0) is 14.4 Å². The standard InChI is InChI=1S/C18H27N3O3/c1-5-9-10-11-12-15-20(17(23)7-3)13-19(16(22)6-2)14-21(15)18(24)8-4/h6-8,15H,2-5,9-14H2,1H3. The molecule has 1 aliphatic rings. The number of amides is 3. The van der Waals surface area contributed by atoms with E-state index < -0.39 is 6.17 Å². The lowest BCUT2D eigenvalue weighted by Crippen LogP contribution is -2.64. The molecule has 6 nitrogen and oxygen atoms in total. The van der Waals surface area contributed by atoms with Gasteiger partial charge in [0, 0.05) is 0 Å². The molecule has 0 unspecified atom stereocenters. The molecule has 3 amide bonds. The van der Waals surface area contributed by atoms with Crippen LogP contribution >= 0.6 is 0 Å².